The van der Waals surface area contributed by atoms with Crippen LogP contribution in [0.5, 0.6) is 11.5 Å². The summed E-state index contributed by atoms with van der Waals surface area (Å²) in [6, 6.07) is 14.3. The van der Waals surface area contributed by atoms with E-state index in [2.05, 4.69) is 59.9 Å². The van der Waals surface area contributed by atoms with Crippen LogP contribution in [0.4, 0.5) is 0 Å². The number of phenolic OH excluding ortho intramolecular Hbond substituents is 1. The maximum absolute atomic E-state index is 13.9. The van der Waals surface area contributed by atoms with Gasteiger partial charge in [-0.2, -0.15) is 0 Å². The lowest BCUT2D eigenvalue weighted by Crippen LogP contribution is -2.42. The van der Waals surface area contributed by atoms with Crippen LogP contribution in [0.2, 0.25) is 0 Å². The lowest BCUT2D eigenvalue weighted by molar-refractivity contribution is -0.143. The Hall–Kier alpha value is -2.65. The van der Waals surface area contributed by atoms with Gasteiger partial charge in [-0.05, 0) is 95.5 Å². The van der Waals surface area contributed by atoms with Crippen LogP contribution in [0.25, 0.3) is 11.6 Å². The Morgan fingerprint density at radius 2 is 1.86 bits per heavy atom. The molecule has 1 saturated carbocycles. The van der Waals surface area contributed by atoms with Crippen LogP contribution in [-0.2, 0) is 14.3 Å². The Labute approximate surface area is 268 Å². The number of halogens is 1. The zero-order valence-corrected chi connectivity index (χ0v) is 27.3. The molecule has 2 amide bonds. The van der Waals surface area contributed by atoms with Crippen molar-refractivity contribution in [1.29, 1.82) is 0 Å². The molecule has 4 aliphatic rings. The molecule has 2 aromatic rings. The molecule has 0 radical (unpaired) electrons. The van der Waals surface area contributed by atoms with Crippen molar-refractivity contribution in [1.82, 2.24) is 4.90 Å². The van der Waals surface area contributed by atoms with Crippen molar-refractivity contribution in [2.75, 3.05) is 13.7 Å². The molecule has 2 heterocycles. The highest BCUT2D eigenvalue weighted by molar-refractivity contribution is 14.1. The minimum absolute atomic E-state index is 0.00225. The number of fused-ring (bicyclic) bond motifs is 3. The van der Waals surface area contributed by atoms with E-state index in [1.807, 2.05) is 18.2 Å². The highest BCUT2D eigenvalue weighted by atomic mass is 127. The van der Waals surface area contributed by atoms with Gasteiger partial charge in [0.25, 0.3) is 0 Å². The molecule has 0 spiro atoms. The van der Waals surface area contributed by atoms with Crippen molar-refractivity contribution >= 4 is 46.1 Å². The number of allylic oxidation sites excluding steroid dienone is 2. The van der Waals surface area contributed by atoms with Crippen LogP contribution in [0.3, 0.4) is 0 Å². The van der Waals surface area contributed by atoms with E-state index in [9.17, 15) is 14.7 Å². The summed E-state index contributed by atoms with van der Waals surface area (Å²) in [5.74, 6) is 0.250. The summed E-state index contributed by atoms with van der Waals surface area (Å²) < 4.78 is 12.7. The number of amides is 2. The Bertz CT molecular complexity index is 1430. The van der Waals surface area contributed by atoms with Gasteiger partial charge in [0.05, 0.1) is 35.2 Å². The van der Waals surface area contributed by atoms with Crippen molar-refractivity contribution in [3.63, 3.8) is 0 Å². The number of phenols is 1. The molecule has 2 saturated heterocycles. The van der Waals surface area contributed by atoms with Gasteiger partial charge in [0.2, 0.25) is 11.8 Å². The molecule has 1 N–H and O–H groups in total. The van der Waals surface area contributed by atoms with Gasteiger partial charge in [-0.25, -0.2) is 0 Å². The Morgan fingerprint density at radius 3 is 2.58 bits per heavy atom. The third-order valence-corrected chi connectivity index (χ3v) is 10.8. The first-order chi connectivity index (χ1) is 20.9. The van der Waals surface area contributed by atoms with Gasteiger partial charge < -0.3 is 14.6 Å². The standard InChI is InChI=1S/C36H42INO5/c1-3-10-25-20-27-33(36(41)38(35(27)40)26-13-8-5-9-14-26)28-21-43-30(32(25)28)16-15-24(23-11-6-4-7-12-23)17-22-18-29(37)34(39)31(19-22)42-2/h4,6-7,11-12,17-19,26-28,30,33,39H,3,5,8-10,13-16,20-21H2,1-2H3/b24-17-/t27-,28+,30-,33-/m1/s1. The highest BCUT2D eigenvalue weighted by Crippen LogP contribution is 2.51. The number of imide groups is 1. The van der Waals surface area contributed by atoms with Crippen molar-refractivity contribution in [2.24, 2.45) is 17.8 Å². The minimum Gasteiger partial charge on any atom is -0.504 e. The smallest absolute Gasteiger partial charge is 0.234 e. The SMILES string of the molecule is CCCC1=C2[C@@H](CC/C(=C/c3cc(I)c(O)c(OC)c3)c3ccccc3)OC[C@@H]2[C@@H]2C(=O)N(C3CCCCC3)C(=O)[C@@H]2C1. The van der Waals surface area contributed by atoms with Crippen LogP contribution < -0.4 is 4.74 Å². The lowest BCUT2D eigenvalue weighted by Gasteiger charge is -2.32. The Kier molecular flexibility index (Phi) is 9.29. The van der Waals surface area contributed by atoms with Crippen molar-refractivity contribution in [2.45, 2.75) is 83.3 Å². The van der Waals surface area contributed by atoms with Gasteiger partial charge in [-0.15, -0.1) is 0 Å². The first-order valence-corrected chi connectivity index (χ1v) is 17.0. The van der Waals surface area contributed by atoms with Crippen molar-refractivity contribution < 1.29 is 24.2 Å². The van der Waals surface area contributed by atoms with Gasteiger partial charge in [0.15, 0.2) is 11.5 Å². The number of likely N-dealkylation sites (tertiary alicyclic amines) is 1. The van der Waals surface area contributed by atoms with Gasteiger partial charge >= 0.3 is 0 Å². The van der Waals surface area contributed by atoms with Crippen LogP contribution in [-0.4, -0.2) is 47.7 Å². The molecule has 0 aromatic heterocycles. The summed E-state index contributed by atoms with van der Waals surface area (Å²) >= 11 is 2.13. The molecule has 2 aromatic carbocycles. The average molecular weight is 696 g/mol. The molecule has 2 aliphatic heterocycles. The van der Waals surface area contributed by atoms with E-state index in [1.165, 1.54) is 23.1 Å². The third kappa shape index (κ3) is 5.91. The summed E-state index contributed by atoms with van der Waals surface area (Å²) in [7, 11) is 1.57. The quantitative estimate of drug-likeness (QED) is 0.126. The summed E-state index contributed by atoms with van der Waals surface area (Å²) in [5, 5.41) is 10.4. The van der Waals surface area contributed by atoms with Crippen molar-refractivity contribution in [3.05, 3.63) is 68.3 Å². The molecule has 0 unspecified atom stereocenters. The number of carbonyl (C=O) groups excluding carboxylic acids is 2. The lowest BCUT2D eigenvalue weighted by atomic mass is 9.68. The number of hydrogen-bond donors (Lipinski definition) is 1. The van der Waals surface area contributed by atoms with E-state index >= 15 is 0 Å². The van der Waals surface area contributed by atoms with Crippen LogP contribution in [0, 0.1) is 21.3 Å². The normalized spacial score (nSPS) is 26.2. The molecule has 3 fully saturated rings. The van der Waals surface area contributed by atoms with Crippen molar-refractivity contribution in [3.8, 4) is 11.5 Å². The fourth-order valence-electron chi connectivity index (χ4n) is 8.01. The number of hydrogen-bond acceptors (Lipinski definition) is 5. The predicted molar refractivity (Wildman–Crippen MR) is 176 cm³/mol. The number of methoxy groups -OCH3 is 1. The molecule has 2 aliphatic carbocycles. The number of ether oxygens (including phenoxy) is 2. The molecule has 6 nitrogen and oxygen atoms in total. The number of aromatic hydroxyl groups is 1. The first kappa shape index (κ1) is 30.4. The number of benzene rings is 2. The topological polar surface area (TPSA) is 76.1 Å². The summed E-state index contributed by atoms with van der Waals surface area (Å²) in [6.45, 7) is 2.71. The predicted octanol–water partition coefficient (Wildman–Crippen LogP) is 7.78. The maximum atomic E-state index is 13.9. The van der Waals surface area contributed by atoms with E-state index in [0.717, 1.165) is 66.1 Å². The van der Waals surface area contributed by atoms with Gasteiger partial charge in [0.1, 0.15) is 0 Å². The maximum Gasteiger partial charge on any atom is 0.234 e. The fraction of sp³-hybridized carbons (Fsp3) is 0.500. The molecular weight excluding hydrogens is 653 g/mol. The summed E-state index contributed by atoms with van der Waals surface area (Å²) in [5.41, 5.74) is 5.95. The van der Waals surface area contributed by atoms with E-state index in [-0.39, 0.29) is 47.5 Å². The number of nitrogens with zero attached hydrogens (tertiary/aromatic N) is 1. The van der Waals surface area contributed by atoms with E-state index < -0.39 is 0 Å². The average Bonchev–Trinajstić information content (AvgIpc) is 3.56. The molecule has 6 rings (SSSR count). The molecule has 7 heteroatoms. The largest absolute Gasteiger partial charge is 0.504 e. The van der Waals surface area contributed by atoms with Crippen LogP contribution in [0.1, 0.15) is 82.3 Å². The molecule has 228 valence electrons. The van der Waals surface area contributed by atoms with Gasteiger partial charge in [-0.1, -0.05) is 74.6 Å². The van der Waals surface area contributed by atoms with Gasteiger partial charge in [-0.3, -0.25) is 14.5 Å². The second-order valence-electron chi connectivity index (χ2n) is 12.5. The van der Waals surface area contributed by atoms with E-state index in [0.29, 0.717) is 18.8 Å². The van der Waals surface area contributed by atoms with E-state index in [1.54, 1.807) is 12.0 Å². The summed E-state index contributed by atoms with van der Waals surface area (Å²) in [4.78, 5) is 29.3. The molecule has 43 heavy (non-hydrogen) atoms. The zero-order valence-electron chi connectivity index (χ0n) is 25.2. The van der Waals surface area contributed by atoms with Gasteiger partial charge in [0, 0.05) is 12.0 Å². The highest BCUT2D eigenvalue weighted by Gasteiger charge is 2.58. The second-order valence-corrected chi connectivity index (χ2v) is 13.7. The molecular formula is C36H42INO5. The zero-order chi connectivity index (χ0) is 30.1. The third-order valence-electron chi connectivity index (χ3n) is 9.97. The number of rotatable bonds is 9. The second kappa shape index (κ2) is 13.1. The van der Waals surface area contributed by atoms with Crippen LogP contribution >= 0.6 is 22.6 Å². The molecule has 4 atom stereocenters. The van der Waals surface area contributed by atoms with Crippen LogP contribution in [0.15, 0.2) is 53.6 Å². The monoisotopic (exact) mass is 695 g/mol. The Morgan fingerprint density at radius 1 is 1.09 bits per heavy atom. The minimum atomic E-state index is -0.272. The first-order valence-electron chi connectivity index (χ1n) is 15.9. The fourth-order valence-corrected chi connectivity index (χ4v) is 8.63. The Balaban J connectivity index is 1.27. The van der Waals surface area contributed by atoms with E-state index in [4.69, 9.17) is 9.47 Å². The number of carbonyl (C=O) groups is 2. The summed E-state index contributed by atoms with van der Waals surface area (Å²) in [6.07, 6.45) is 11.7. The molecule has 0 bridgehead atoms.